The molecule has 0 N–H and O–H groups in total. The normalized spacial score (nSPS) is 20.6. The molecular weight excluding hydrogens is 290 g/mol. The van der Waals surface area contributed by atoms with Gasteiger partial charge in [-0.1, -0.05) is 0 Å². The van der Waals surface area contributed by atoms with E-state index in [1.807, 2.05) is 19.0 Å². The molecule has 1 atom stereocenters. The Morgan fingerprint density at radius 3 is 2.62 bits per heavy atom. The summed E-state index contributed by atoms with van der Waals surface area (Å²) in [5.74, 6) is 0. The highest BCUT2D eigenvalue weighted by molar-refractivity contribution is 7.86. The summed E-state index contributed by atoms with van der Waals surface area (Å²) in [7, 11) is 3.62. The van der Waals surface area contributed by atoms with Crippen molar-refractivity contribution in [3.05, 3.63) is 23.8 Å². The first-order valence-electron chi connectivity index (χ1n) is 6.97. The van der Waals surface area contributed by atoms with Crippen LogP contribution in [0.3, 0.4) is 0 Å². The maximum Gasteiger partial charge on any atom is 0.282 e. The average molecular weight is 313 g/mol. The van der Waals surface area contributed by atoms with Crippen LogP contribution < -0.4 is 0 Å². The Hall–Kier alpha value is -1.09. The monoisotopic (exact) mass is 313 g/mol. The van der Waals surface area contributed by atoms with Crippen LogP contribution in [0.2, 0.25) is 0 Å². The summed E-state index contributed by atoms with van der Waals surface area (Å²) in [6, 6.07) is -0.216. The lowest BCUT2D eigenvalue weighted by molar-refractivity contribution is 0.354. The van der Waals surface area contributed by atoms with Crippen LogP contribution in [0.15, 0.2) is 12.4 Å². The van der Waals surface area contributed by atoms with Gasteiger partial charge in [-0.3, -0.25) is 9.97 Å². The Morgan fingerprint density at radius 2 is 2.00 bits per heavy atom. The molecule has 0 aliphatic carbocycles. The van der Waals surface area contributed by atoms with Crippen molar-refractivity contribution in [1.82, 2.24) is 23.5 Å². The van der Waals surface area contributed by atoms with Gasteiger partial charge in [-0.05, 0) is 26.9 Å². The van der Waals surface area contributed by atoms with Crippen LogP contribution in [0.4, 0.5) is 0 Å². The third kappa shape index (κ3) is 3.57. The quantitative estimate of drug-likeness (QED) is 0.791. The third-order valence-electron chi connectivity index (χ3n) is 3.48. The minimum Gasteiger partial charge on any atom is -0.304 e. The van der Waals surface area contributed by atoms with Gasteiger partial charge < -0.3 is 4.90 Å². The topological polar surface area (TPSA) is 69.6 Å². The molecule has 0 aromatic carbocycles. The van der Waals surface area contributed by atoms with Gasteiger partial charge in [-0.25, -0.2) is 0 Å². The van der Waals surface area contributed by atoms with E-state index in [4.69, 9.17) is 0 Å². The summed E-state index contributed by atoms with van der Waals surface area (Å²) >= 11 is 0. The lowest BCUT2D eigenvalue weighted by atomic mass is 10.1. The van der Waals surface area contributed by atoms with E-state index in [2.05, 4.69) is 9.97 Å². The number of nitrogens with zero attached hydrogens (tertiary/aromatic N) is 5. The molecule has 1 aromatic rings. The number of aromatic nitrogens is 2. The lowest BCUT2D eigenvalue weighted by Crippen LogP contribution is -2.39. The van der Waals surface area contributed by atoms with Crippen molar-refractivity contribution in [2.45, 2.75) is 25.4 Å². The molecule has 0 saturated carbocycles. The highest BCUT2D eigenvalue weighted by atomic mass is 32.2. The Labute approximate surface area is 126 Å². The second kappa shape index (κ2) is 6.35. The Kier molecular flexibility index (Phi) is 4.92. The summed E-state index contributed by atoms with van der Waals surface area (Å²) in [6.45, 7) is 1.22. The number of rotatable bonds is 5. The summed E-state index contributed by atoms with van der Waals surface area (Å²) in [4.78, 5) is 10.8. The second-order valence-corrected chi connectivity index (χ2v) is 7.83. The first-order valence-corrected chi connectivity index (χ1v) is 8.37. The van der Waals surface area contributed by atoms with Crippen LogP contribution in [-0.4, -0.2) is 66.6 Å². The molecule has 7 nitrogen and oxygen atoms in total. The van der Waals surface area contributed by atoms with Crippen molar-refractivity contribution in [1.29, 1.82) is 0 Å². The van der Waals surface area contributed by atoms with Crippen LogP contribution in [0.25, 0.3) is 0 Å². The fourth-order valence-corrected chi connectivity index (χ4v) is 3.82. The van der Waals surface area contributed by atoms with Crippen molar-refractivity contribution in [2.75, 3.05) is 34.7 Å². The van der Waals surface area contributed by atoms with Gasteiger partial charge in [0, 0.05) is 33.4 Å². The van der Waals surface area contributed by atoms with Crippen molar-refractivity contribution in [3.8, 4) is 0 Å². The van der Waals surface area contributed by atoms with Crippen molar-refractivity contribution < 1.29 is 8.42 Å². The van der Waals surface area contributed by atoms with E-state index >= 15 is 0 Å². The van der Waals surface area contributed by atoms with Gasteiger partial charge in [0.15, 0.2) is 0 Å². The van der Waals surface area contributed by atoms with Crippen LogP contribution in [0.5, 0.6) is 0 Å². The van der Waals surface area contributed by atoms with Gasteiger partial charge in [0.1, 0.15) is 0 Å². The maximum absolute atomic E-state index is 12.4. The van der Waals surface area contributed by atoms with Crippen LogP contribution in [-0.2, 0) is 16.8 Å². The molecule has 1 saturated heterocycles. The summed E-state index contributed by atoms with van der Waals surface area (Å²) in [5.41, 5.74) is 1.59. The van der Waals surface area contributed by atoms with E-state index in [1.54, 1.807) is 26.5 Å². The molecule has 118 valence electrons. The fourth-order valence-electron chi connectivity index (χ4n) is 2.51. The van der Waals surface area contributed by atoms with Crippen LogP contribution in [0.1, 0.15) is 30.3 Å². The maximum atomic E-state index is 12.4. The SMILES string of the molecule is CN(C)Cc1cncc([C@H]2CCCN2S(=O)(=O)N(C)C)n1. The van der Waals surface area contributed by atoms with E-state index in [0.29, 0.717) is 13.1 Å². The van der Waals surface area contributed by atoms with E-state index in [9.17, 15) is 8.42 Å². The minimum absolute atomic E-state index is 0.216. The molecule has 0 radical (unpaired) electrons. The van der Waals surface area contributed by atoms with E-state index in [0.717, 1.165) is 24.2 Å². The van der Waals surface area contributed by atoms with E-state index < -0.39 is 10.2 Å². The summed E-state index contributed by atoms with van der Waals surface area (Å²) in [5, 5.41) is 0. The molecule has 2 heterocycles. The van der Waals surface area contributed by atoms with Gasteiger partial charge in [0.05, 0.1) is 23.6 Å². The molecule has 1 aromatic heterocycles. The molecule has 0 spiro atoms. The fraction of sp³-hybridized carbons (Fsp3) is 0.692. The third-order valence-corrected chi connectivity index (χ3v) is 5.44. The molecule has 1 fully saturated rings. The van der Waals surface area contributed by atoms with Gasteiger partial charge >= 0.3 is 0 Å². The zero-order valence-corrected chi connectivity index (χ0v) is 13.8. The molecule has 1 aliphatic rings. The first kappa shape index (κ1) is 16.3. The Morgan fingerprint density at radius 1 is 1.29 bits per heavy atom. The van der Waals surface area contributed by atoms with Crippen LogP contribution >= 0.6 is 0 Å². The predicted molar refractivity (Wildman–Crippen MR) is 80.7 cm³/mol. The zero-order chi connectivity index (χ0) is 15.6. The molecule has 2 rings (SSSR count). The van der Waals surface area contributed by atoms with E-state index in [-0.39, 0.29) is 6.04 Å². The van der Waals surface area contributed by atoms with Gasteiger partial charge in [0.25, 0.3) is 10.2 Å². The van der Waals surface area contributed by atoms with Gasteiger partial charge in [-0.15, -0.1) is 0 Å². The number of hydrogen-bond acceptors (Lipinski definition) is 5. The summed E-state index contributed by atoms with van der Waals surface area (Å²) in [6.07, 6.45) is 5.03. The van der Waals surface area contributed by atoms with Crippen molar-refractivity contribution in [3.63, 3.8) is 0 Å². The first-order chi connectivity index (χ1) is 9.82. The average Bonchev–Trinajstić information content (AvgIpc) is 2.87. The van der Waals surface area contributed by atoms with E-state index in [1.165, 1.54) is 8.61 Å². The smallest absolute Gasteiger partial charge is 0.282 e. The lowest BCUT2D eigenvalue weighted by Gasteiger charge is -2.26. The Bertz CT molecular complexity index is 588. The van der Waals surface area contributed by atoms with Crippen molar-refractivity contribution >= 4 is 10.2 Å². The molecule has 0 bridgehead atoms. The Balaban J connectivity index is 2.28. The number of hydrogen-bond donors (Lipinski definition) is 0. The molecule has 0 unspecified atom stereocenters. The molecule has 0 amide bonds. The molecule has 1 aliphatic heterocycles. The molecule has 21 heavy (non-hydrogen) atoms. The van der Waals surface area contributed by atoms with Gasteiger partial charge in [-0.2, -0.15) is 17.0 Å². The molecular formula is C13H23N5O2S. The predicted octanol–water partition coefficient (Wildman–Crippen LogP) is 0.482. The van der Waals surface area contributed by atoms with Crippen LogP contribution in [0, 0.1) is 0 Å². The zero-order valence-electron chi connectivity index (χ0n) is 13.0. The highest BCUT2D eigenvalue weighted by Gasteiger charge is 2.37. The standard InChI is InChI=1S/C13H23N5O2S/c1-16(2)10-11-8-14-9-12(15-11)13-6-5-7-18(13)21(19,20)17(3)4/h8-9,13H,5-7,10H2,1-4H3/t13-/m1/s1. The molecule has 8 heteroatoms. The highest BCUT2D eigenvalue weighted by Crippen LogP contribution is 2.33. The largest absolute Gasteiger partial charge is 0.304 e. The van der Waals surface area contributed by atoms with Crippen molar-refractivity contribution in [2.24, 2.45) is 0 Å². The van der Waals surface area contributed by atoms with Gasteiger partial charge in [0.2, 0.25) is 0 Å². The summed E-state index contributed by atoms with van der Waals surface area (Å²) < 4.78 is 27.5. The second-order valence-electron chi connectivity index (χ2n) is 5.73. The minimum atomic E-state index is -3.42.